The van der Waals surface area contributed by atoms with Crippen molar-refractivity contribution >= 4 is 74.2 Å². The van der Waals surface area contributed by atoms with E-state index in [9.17, 15) is 34.0 Å². The Morgan fingerprint density at radius 2 is 1.69 bits per heavy atom. The molecule has 0 radical (unpaired) electrons. The third kappa shape index (κ3) is 5.82. The zero-order valence-electron chi connectivity index (χ0n) is 32.1. The van der Waals surface area contributed by atoms with Gasteiger partial charge >= 0.3 is 0 Å². The summed E-state index contributed by atoms with van der Waals surface area (Å²) < 4.78 is 1.39. The van der Waals surface area contributed by atoms with Crippen molar-refractivity contribution < 1.29 is 28.8 Å². The quantitative estimate of drug-likeness (QED) is 0.218. The Bertz CT molecular complexity index is 2980. The van der Waals surface area contributed by atoms with E-state index in [1.54, 1.807) is 47.1 Å². The summed E-state index contributed by atoms with van der Waals surface area (Å²) in [5, 5.41) is 17.0. The molecule has 2 fully saturated rings. The standard InChI is InChI=1S/C45H37N7O6/c1-4-27-17-31-32(22-54)42-29-10-8-26(19-46)16-35(29)49-44(42)45(2,3)33(31)18-38(27)50-12-14-51(15-13-50)41(58)20-47-34-7-5-6-30-39(24-56)52(40(25-57)43(30)34)37-11-9-28(21-53)48-36(37)23-55/h5-8,10,16-18,37,47-49H,4,9,11-15,20H2,1-3H3. The molecule has 2 saturated heterocycles. The van der Waals surface area contributed by atoms with E-state index in [0.717, 1.165) is 51.0 Å². The third-order valence-corrected chi connectivity index (χ3v) is 11.9. The van der Waals surface area contributed by atoms with Gasteiger partial charge in [-0.05, 0) is 59.9 Å². The number of anilines is 2. The zero-order chi connectivity index (χ0) is 40.9. The van der Waals surface area contributed by atoms with Crippen LogP contribution in [0.3, 0.4) is 0 Å². The molecule has 5 aromatic rings. The van der Waals surface area contributed by atoms with Gasteiger partial charge in [-0.1, -0.05) is 39.0 Å². The number of hydrogen-bond donors (Lipinski definition) is 3. The summed E-state index contributed by atoms with van der Waals surface area (Å²) in [6, 6.07) is 16.2. The average molecular weight is 772 g/mol. The van der Waals surface area contributed by atoms with Crippen LogP contribution in [0.4, 0.5) is 11.4 Å². The first-order valence-electron chi connectivity index (χ1n) is 19.1. The Balaban J connectivity index is 1.03. The number of allylic oxidation sites excluding steroid dienone is 2. The minimum atomic E-state index is -0.802. The number of fused-ring (bicyclic) bond motifs is 5. The maximum atomic E-state index is 13.7. The number of benzene rings is 3. The van der Waals surface area contributed by atoms with Crippen LogP contribution in [-0.2, 0) is 40.6 Å². The van der Waals surface area contributed by atoms with E-state index in [4.69, 9.17) is 0 Å². The lowest BCUT2D eigenvalue weighted by Gasteiger charge is -2.39. The Kier molecular flexibility index (Phi) is 9.45. The number of nitrogens with zero attached hydrogens (tertiary/aromatic N) is 4. The molecule has 13 nitrogen and oxygen atoms in total. The van der Waals surface area contributed by atoms with Crippen molar-refractivity contribution in [3.8, 4) is 6.07 Å². The van der Waals surface area contributed by atoms with Crippen LogP contribution in [-0.4, -0.2) is 82.8 Å². The van der Waals surface area contributed by atoms with Gasteiger partial charge in [-0.3, -0.25) is 4.79 Å². The molecule has 0 saturated carbocycles. The second-order valence-electron chi connectivity index (χ2n) is 15.2. The summed E-state index contributed by atoms with van der Waals surface area (Å²) in [6.07, 6.45) is 1.19. The fourth-order valence-corrected chi connectivity index (χ4v) is 8.98. The Hall–Kier alpha value is -7.39. The molecule has 1 aliphatic carbocycles. The molecule has 2 aromatic heterocycles. The number of piperidine rings is 1. The van der Waals surface area contributed by atoms with E-state index in [0.29, 0.717) is 53.8 Å². The highest BCUT2D eigenvalue weighted by Gasteiger charge is 2.40. The Morgan fingerprint density at radius 1 is 0.914 bits per heavy atom. The summed E-state index contributed by atoms with van der Waals surface area (Å²) in [5.41, 5.74) is 7.57. The van der Waals surface area contributed by atoms with Crippen LogP contribution in [0, 0.1) is 11.3 Å². The molecule has 0 bridgehead atoms. The van der Waals surface area contributed by atoms with E-state index in [1.165, 1.54) is 4.57 Å². The van der Waals surface area contributed by atoms with Gasteiger partial charge in [-0.25, -0.2) is 24.0 Å². The Morgan fingerprint density at radius 3 is 2.36 bits per heavy atom. The number of carbonyl (C=O) groups is 1. The molecule has 1 unspecified atom stereocenters. The van der Waals surface area contributed by atoms with Gasteiger partial charge in [-0.15, -0.1) is 0 Å². The van der Waals surface area contributed by atoms with E-state index >= 15 is 0 Å². The highest BCUT2D eigenvalue weighted by molar-refractivity contribution is 6.10. The second-order valence-corrected chi connectivity index (χ2v) is 15.2. The number of amides is 1. The third-order valence-electron chi connectivity index (χ3n) is 11.9. The number of carbonyl (C=O) groups excluding carboxylic acids is 6. The van der Waals surface area contributed by atoms with Crippen molar-refractivity contribution in [2.24, 2.45) is 0 Å². The van der Waals surface area contributed by atoms with Crippen molar-refractivity contribution in [3.63, 3.8) is 0 Å². The van der Waals surface area contributed by atoms with Gasteiger partial charge in [-0.2, -0.15) is 5.26 Å². The molecule has 58 heavy (non-hydrogen) atoms. The summed E-state index contributed by atoms with van der Waals surface area (Å²) >= 11 is 0. The zero-order valence-corrected chi connectivity index (χ0v) is 32.1. The summed E-state index contributed by atoms with van der Waals surface area (Å²) in [5.74, 6) is 9.48. The number of rotatable bonds is 6. The number of hydrogen-bond acceptors (Lipinski definition) is 10. The average Bonchev–Trinajstić information content (AvgIpc) is 3.81. The van der Waals surface area contributed by atoms with Crippen LogP contribution >= 0.6 is 0 Å². The molecule has 4 heterocycles. The molecule has 3 aromatic carbocycles. The SMILES string of the molecule is CCc1cc2c(cc1N1CCN(C(=O)CNc3cccc4c(=C=O)n(C5CCC(=C=O)NC5=C=O)c(=C=O)c34)CC1)C(C)(C)c1[nH]c3cc(C#N)ccc3c1C2=C=O. The maximum absolute atomic E-state index is 13.7. The molecular weight excluding hydrogens is 735 g/mol. The predicted molar refractivity (Wildman–Crippen MR) is 217 cm³/mol. The van der Waals surface area contributed by atoms with Crippen molar-refractivity contribution in [1.29, 1.82) is 5.26 Å². The first-order chi connectivity index (χ1) is 28.1. The van der Waals surface area contributed by atoms with E-state index in [-0.39, 0.29) is 47.4 Å². The van der Waals surface area contributed by atoms with E-state index in [2.05, 4.69) is 65.4 Å². The van der Waals surface area contributed by atoms with Gasteiger partial charge in [0.1, 0.15) is 39.9 Å². The molecule has 0 spiro atoms. The summed E-state index contributed by atoms with van der Waals surface area (Å²) in [7, 11) is 0. The van der Waals surface area contributed by atoms with Crippen molar-refractivity contribution in [1.82, 2.24) is 19.8 Å². The normalized spacial score (nSPS) is 16.9. The summed E-state index contributed by atoms with van der Waals surface area (Å²) in [6.45, 7) is 8.33. The van der Waals surface area contributed by atoms with Gasteiger partial charge in [0.25, 0.3) is 0 Å². The van der Waals surface area contributed by atoms with Crippen LogP contribution < -0.4 is 26.2 Å². The molecule has 3 N–H and O–H groups in total. The fraction of sp³-hybridized carbons (Fsp3) is 0.289. The maximum Gasteiger partial charge on any atom is 0.241 e. The minimum Gasteiger partial charge on any atom is -0.376 e. The van der Waals surface area contributed by atoms with Crippen molar-refractivity contribution in [3.05, 3.63) is 104 Å². The molecule has 288 valence electrons. The number of piperazine rings is 1. The number of aromatic nitrogens is 2. The number of nitriles is 1. The Labute approximate surface area is 331 Å². The smallest absolute Gasteiger partial charge is 0.241 e. The lowest BCUT2D eigenvalue weighted by molar-refractivity contribution is -0.129. The number of aromatic amines is 1. The number of H-pyrrole nitrogens is 1. The van der Waals surface area contributed by atoms with Crippen LogP contribution in [0.15, 0.2) is 59.9 Å². The molecular formula is C45H37N7O6. The molecule has 2 aliphatic heterocycles. The lowest BCUT2D eigenvalue weighted by Crippen LogP contribution is -2.50. The topological polar surface area (TPSA) is 177 Å². The largest absolute Gasteiger partial charge is 0.376 e. The van der Waals surface area contributed by atoms with Crippen LogP contribution in [0.1, 0.15) is 73.2 Å². The minimum absolute atomic E-state index is 0.000189. The van der Waals surface area contributed by atoms with Gasteiger partial charge in [0.15, 0.2) is 11.9 Å². The lowest BCUT2D eigenvalue weighted by atomic mass is 9.69. The predicted octanol–water partition coefficient (Wildman–Crippen LogP) is 2.58. The van der Waals surface area contributed by atoms with Gasteiger partial charge in [0.05, 0.1) is 29.8 Å². The van der Waals surface area contributed by atoms with Gasteiger partial charge in [0.2, 0.25) is 5.91 Å². The highest BCUT2D eigenvalue weighted by Crippen LogP contribution is 2.49. The number of nitrogens with one attached hydrogen (secondary N) is 3. The highest BCUT2D eigenvalue weighted by atomic mass is 16.2. The van der Waals surface area contributed by atoms with Crippen LogP contribution in [0.5, 0.6) is 0 Å². The molecule has 8 rings (SSSR count). The number of aryl methyl sites for hydroxylation is 1. The molecule has 13 heteroatoms. The first-order valence-corrected chi connectivity index (χ1v) is 19.1. The van der Waals surface area contributed by atoms with Crippen molar-refractivity contribution in [2.75, 3.05) is 42.9 Å². The molecule has 3 aliphatic rings. The van der Waals surface area contributed by atoms with Gasteiger partial charge < -0.3 is 30.0 Å². The summed E-state index contributed by atoms with van der Waals surface area (Å²) in [4.78, 5) is 81.9. The molecule has 1 amide bonds. The monoisotopic (exact) mass is 771 g/mol. The fourth-order valence-electron chi connectivity index (χ4n) is 8.98. The first kappa shape index (κ1) is 37.5. The second kappa shape index (κ2) is 14.6. The van der Waals surface area contributed by atoms with E-state index in [1.807, 2.05) is 17.9 Å². The molecule has 1 atom stereocenters. The van der Waals surface area contributed by atoms with E-state index < -0.39 is 11.5 Å². The van der Waals surface area contributed by atoms with Crippen LogP contribution in [0.25, 0.3) is 27.2 Å². The van der Waals surface area contributed by atoms with Crippen molar-refractivity contribution in [2.45, 2.75) is 51.5 Å². The van der Waals surface area contributed by atoms with Crippen LogP contribution in [0.2, 0.25) is 0 Å². The van der Waals surface area contributed by atoms with Gasteiger partial charge in [0, 0.05) is 82.3 Å².